The van der Waals surface area contributed by atoms with Crippen LogP contribution >= 0.6 is 0 Å². The van der Waals surface area contributed by atoms with E-state index in [-0.39, 0.29) is 0 Å². The highest BCUT2D eigenvalue weighted by atomic mass is 28.3. The van der Waals surface area contributed by atoms with Crippen molar-refractivity contribution in [1.29, 1.82) is 0 Å². The Morgan fingerprint density at radius 2 is 0.797 bits per heavy atom. The van der Waals surface area contributed by atoms with E-state index in [9.17, 15) is 0 Å². The molecule has 0 atom stereocenters. The molecule has 0 fully saturated rings. The van der Waals surface area contributed by atoms with E-state index in [2.05, 4.69) is 252 Å². The monoisotopic (exact) mass is 774 g/mol. The van der Waals surface area contributed by atoms with Gasteiger partial charge in [0.2, 0.25) is 0 Å². The van der Waals surface area contributed by atoms with E-state index in [1.165, 1.54) is 20.7 Å². The Hall–Kier alpha value is -7.40. The standard InChI is InChI=1S/C55H42N2OSi/c1-7-21-42(22-8-1)56(43-23-9-2-10-24-43)45-27-19-33-50(39-45)59(48-29-13-4-14-30-48,49-31-15-5-16-32-49)51-34-20-28-46(40-51)57(44-25-11-3-12-26-44)47-37-38-53-52-35-17-6-18-36-54(52)58-55(53)41-47/h1-35,37-41H,36H2. The highest BCUT2D eigenvalue weighted by Gasteiger charge is 2.42. The maximum absolute atomic E-state index is 6.55. The molecule has 59 heavy (non-hydrogen) atoms. The summed E-state index contributed by atoms with van der Waals surface area (Å²) >= 11 is 0. The van der Waals surface area contributed by atoms with E-state index >= 15 is 0 Å². The maximum Gasteiger partial charge on any atom is 0.179 e. The van der Waals surface area contributed by atoms with Gasteiger partial charge in [0.25, 0.3) is 0 Å². The number of benzene rings is 8. The third-order valence-corrected chi connectivity index (χ3v) is 16.1. The molecule has 8 aromatic carbocycles. The first-order valence-electron chi connectivity index (χ1n) is 20.2. The van der Waals surface area contributed by atoms with Crippen molar-refractivity contribution in [1.82, 2.24) is 0 Å². The summed E-state index contributed by atoms with van der Waals surface area (Å²) in [7, 11) is -3.00. The highest BCUT2D eigenvalue weighted by molar-refractivity contribution is 7.20. The van der Waals surface area contributed by atoms with Gasteiger partial charge in [-0.1, -0.05) is 164 Å². The van der Waals surface area contributed by atoms with E-state index < -0.39 is 8.07 Å². The molecular formula is C55H42N2OSi. The van der Waals surface area contributed by atoms with E-state index in [1.54, 1.807) is 0 Å². The predicted molar refractivity (Wildman–Crippen MR) is 251 cm³/mol. The third kappa shape index (κ3) is 6.69. The molecule has 4 heteroatoms. The molecule has 0 aliphatic heterocycles. The Balaban J connectivity index is 1.20. The van der Waals surface area contributed by atoms with Crippen LogP contribution < -0.4 is 30.5 Å². The lowest BCUT2D eigenvalue weighted by molar-refractivity contribution is 0.564. The molecule has 0 spiro atoms. The van der Waals surface area contributed by atoms with Gasteiger partial charge in [-0.05, 0) is 93.5 Å². The molecule has 0 saturated heterocycles. The van der Waals surface area contributed by atoms with Gasteiger partial charge in [-0.15, -0.1) is 0 Å². The lowest BCUT2D eigenvalue weighted by Crippen LogP contribution is -2.74. The Morgan fingerprint density at radius 1 is 0.373 bits per heavy atom. The van der Waals surface area contributed by atoms with Crippen molar-refractivity contribution < 1.29 is 4.42 Å². The predicted octanol–water partition coefficient (Wildman–Crippen LogP) is 11.9. The second kappa shape index (κ2) is 15.9. The zero-order chi connectivity index (χ0) is 39.4. The first kappa shape index (κ1) is 36.0. The van der Waals surface area contributed by atoms with Crippen LogP contribution in [0.1, 0.15) is 11.3 Å². The molecule has 0 bridgehead atoms. The average Bonchev–Trinajstić information content (AvgIpc) is 3.48. The van der Waals surface area contributed by atoms with Gasteiger partial charge >= 0.3 is 0 Å². The second-order valence-electron chi connectivity index (χ2n) is 14.9. The number of rotatable bonds is 10. The summed E-state index contributed by atoms with van der Waals surface area (Å²) in [4.78, 5) is 4.73. The van der Waals surface area contributed by atoms with E-state index in [0.717, 1.165) is 62.8 Å². The number of para-hydroxylation sites is 3. The third-order valence-electron chi connectivity index (χ3n) is 11.4. The zero-order valence-corrected chi connectivity index (χ0v) is 33.6. The summed E-state index contributed by atoms with van der Waals surface area (Å²) in [5.41, 5.74) is 8.59. The molecule has 1 aliphatic rings. The molecule has 3 nitrogen and oxygen atoms in total. The molecule has 1 aliphatic carbocycles. The fraction of sp³-hybridized carbons (Fsp3) is 0.0182. The van der Waals surface area contributed by atoms with Crippen LogP contribution in [-0.2, 0) is 6.42 Å². The fourth-order valence-corrected chi connectivity index (χ4v) is 13.6. The Morgan fingerprint density at radius 3 is 1.31 bits per heavy atom. The first-order chi connectivity index (χ1) is 29.3. The zero-order valence-electron chi connectivity index (χ0n) is 32.6. The number of nitrogens with zero attached hydrogens (tertiary/aromatic N) is 2. The molecular weight excluding hydrogens is 733 g/mol. The van der Waals surface area contributed by atoms with Crippen molar-refractivity contribution in [3.8, 4) is 0 Å². The summed E-state index contributed by atoms with van der Waals surface area (Å²) in [6.45, 7) is 0. The first-order valence-corrected chi connectivity index (χ1v) is 22.2. The molecule has 0 unspecified atom stereocenters. The number of allylic oxidation sites excluding steroid dienone is 3. The van der Waals surface area contributed by atoms with Gasteiger partial charge in [0, 0.05) is 57.6 Å². The second-order valence-corrected chi connectivity index (χ2v) is 18.7. The lowest BCUT2D eigenvalue weighted by Gasteiger charge is -2.36. The van der Waals surface area contributed by atoms with Gasteiger partial charge < -0.3 is 14.2 Å². The number of hydrogen-bond donors (Lipinski definition) is 0. The summed E-state index contributed by atoms with van der Waals surface area (Å²) < 4.78 is 6.55. The molecule has 1 aromatic heterocycles. The Bertz CT molecular complexity index is 2830. The van der Waals surface area contributed by atoms with Crippen LogP contribution in [0.3, 0.4) is 0 Å². The number of anilines is 6. The molecule has 0 amide bonds. The van der Waals surface area contributed by atoms with Crippen LogP contribution in [0.2, 0.25) is 0 Å². The minimum absolute atomic E-state index is 0.776. The quantitative estimate of drug-likeness (QED) is 0.102. The van der Waals surface area contributed by atoms with Gasteiger partial charge in [0.15, 0.2) is 8.07 Å². The SMILES string of the molecule is C1=CCc2oc3cc(N(c4ccccc4)c4cccc([Si](c5ccccc5)(c5ccccc5)c5cccc(N(c6ccccc6)c6ccccc6)c5)c4)ccc3c2C=C1. The topological polar surface area (TPSA) is 19.6 Å². The van der Waals surface area contributed by atoms with Crippen LogP contribution in [-0.4, -0.2) is 8.07 Å². The number of hydrogen-bond acceptors (Lipinski definition) is 3. The van der Waals surface area contributed by atoms with Gasteiger partial charge in [-0.2, -0.15) is 0 Å². The van der Waals surface area contributed by atoms with Crippen LogP contribution in [0.4, 0.5) is 34.1 Å². The summed E-state index contributed by atoms with van der Waals surface area (Å²) in [6, 6.07) is 79.5. The molecule has 282 valence electrons. The van der Waals surface area contributed by atoms with Gasteiger partial charge in [-0.3, -0.25) is 0 Å². The fourth-order valence-electron chi connectivity index (χ4n) is 8.79. The van der Waals surface area contributed by atoms with Crippen molar-refractivity contribution >= 4 is 80.0 Å². The van der Waals surface area contributed by atoms with Crippen molar-refractivity contribution in [2.24, 2.45) is 0 Å². The van der Waals surface area contributed by atoms with E-state index in [0.29, 0.717) is 0 Å². The molecule has 10 rings (SSSR count). The smallest absolute Gasteiger partial charge is 0.179 e. The van der Waals surface area contributed by atoms with Crippen LogP contribution in [0, 0.1) is 0 Å². The van der Waals surface area contributed by atoms with Gasteiger partial charge in [-0.25, -0.2) is 0 Å². The van der Waals surface area contributed by atoms with Crippen LogP contribution in [0.25, 0.3) is 17.0 Å². The summed E-state index contributed by atoms with van der Waals surface area (Å²) in [5.74, 6) is 0.997. The minimum atomic E-state index is -3.00. The van der Waals surface area contributed by atoms with Gasteiger partial charge in [0.1, 0.15) is 11.3 Å². The van der Waals surface area contributed by atoms with Crippen LogP contribution in [0.5, 0.6) is 0 Å². The molecule has 1 heterocycles. The van der Waals surface area contributed by atoms with Crippen molar-refractivity contribution in [2.45, 2.75) is 6.42 Å². The number of furan rings is 1. The van der Waals surface area contributed by atoms with Crippen molar-refractivity contribution in [3.05, 3.63) is 248 Å². The summed E-state index contributed by atoms with van der Waals surface area (Å²) in [5, 5.41) is 6.36. The molecule has 0 radical (unpaired) electrons. The van der Waals surface area contributed by atoms with Crippen LogP contribution in [0.15, 0.2) is 241 Å². The summed E-state index contributed by atoms with van der Waals surface area (Å²) in [6.07, 6.45) is 9.28. The normalized spacial score (nSPS) is 12.2. The minimum Gasteiger partial charge on any atom is -0.460 e. The largest absolute Gasteiger partial charge is 0.460 e. The lowest BCUT2D eigenvalue weighted by atomic mass is 10.1. The molecule has 0 N–H and O–H groups in total. The number of fused-ring (bicyclic) bond motifs is 3. The Labute approximate surface area is 347 Å². The van der Waals surface area contributed by atoms with E-state index in [4.69, 9.17) is 4.42 Å². The molecule has 0 saturated carbocycles. The van der Waals surface area contributed by atoms with Gasteiger partial charge in [0.05, 0.1) is 0 Å². The van der Waals surface area contributed by atoms with Crippen molar-refractivity contribution in [3.63, 3.8) is 0 Å². The average molecular weight is 775 g/mol. The van der Waals surface area contributed by atoms with Crippen molar-refractivity contribution in [2.75, 3.05) is 9.80 Å². The molecule has 9 aromatic rings. The highest BCUT2D eigenvalue weighted by Crippen LogP contribution is 2.39. The Kier molecular flexibility index (Phi) is 9.67. The maximum atomic E-state index is 6.55. The van der Waals surface area contributed by atoms with E-state index in [1.807, 2.05) is 0 Å².